The van der Waals surface area contributed by atoms with Crippen molar-refractivity contribution in [2.45, 2.75) is 33.7 Å². The van der Waals surface area contributed by atoms with Gasteiger partial charge < -0.3 is 5.32 Å². The quantitative estimate of drug-likeness (QED) is 0.324. The number of aryl methyl sites for hydroxylation is 2. The van der Waals surface area contributed by atoms with Crippen LogP contribution < -0.4 is 20.2 Å². The van der Waals surface area contributed by atoms with Gasteiger partial charge in [-0.2, -0.15) is 5.10 Å². The smallest absolute Gasteiger partial charge is 0.271 e. The summed E-state index contributed by atoms with van der Waals surface area (Å²) in [5.74, 6) is -0.265. The second-order valence-electron chi connectivity index (χ2n) is 9.70. The van der Waals surface area contributed by atoms with Crippen molar-refractivity contribution in [1.29, 1.82) is 0 Å². The summed E-state index contributed by atoms with van der Waals surface area (Å²) in [6.45, 7) is 7.74. The van der Waals surface area contributed by atoms with E-state index >= 15 is 0 Å². The zero-order valence-corrected chi connectivity index (χ0v) is 24.1. The Kier molecular flexibility index (Phi) is 6.69. The number of nitrogens with one attached hydrogen (secondary N) is 1. The molecule has 9 heteroatoms. The monoisotopic (exact) mass is 565 g/mol. The van der Waals surface area contributed by atoms with Crippen LogP contribution in [0.3, 0.4) is 0 Å². The van der Waals surface area contributed by atoms with E-state index in [-0.39, 0.29) is 11.5 Å². The Balaban J connectivity index is 1.48. The predicted octanol–water partition coefficient (Wildman–Crippen LogP) is 5.05. The van der Waals surface area contributed by atoms with Crippen molar-refractivity contribution >= 4 is 40.3 Å². The Hall–Kier alpha value is -4.34. The van der Waals surface area contributed by atoms with E-state index in [9.17, 15) is 9.59 Å². The van der Waals surface area contributed by atoms with Crippen molar-refractivity contribution < 1.29 is 4.79 Å². The van der Waals surface area contributed by atoms with Gasteiger partial charge >= 0.3 is 0 Å². The Bertz CT molecular complexity index is 1960. The standard InChI is InChI=1S/C31H27N5O2S2/c1-18-11-8-9-14-24(18)33-29(37)27-20(3)32-31-35(28(27)25-15-10-16-39-25)30(38)26(40-31)17-23-19(2)34-36(21(23)4)22-12-6-5-7-13-22/h5-17,28H,1-4H3,(H,33,37)/b26-17+. The Labute approximate surface area is 239 Å². The molecule has 0 saturated carbocycles. The average molecular weight is 566 g/mol. The summed E-state index contributed by atoms with van der Waals surface area (Å²) in [7, 11) is 0. The lowest BCUT2D eigenvalue weighted by molar-refractivity contribution is -0.113. The molecule has 4 heterocycles. The summed E-state index contributed by atoms with van der Waals surface area (Å²) >= 11 is 2.85. The minimum Gasteiger partial charge on any atom is -0.322 e. The summed E-state index contributed by atoms with van der Waals surface area (Å²) in [4.78, 5) is 34.0. The number of para-hydroxylation sites is 2. The molecule has 1 unspecified atom stereocenters. The zero-order valence-electron chi connectivity index (χ0n) is 22.5. The van der Waals surface area contributed by atoms with Gasteiger partial charge in [0.2, 0.25) is 0 Å². The van der Waals surface area contributed by atoms with E-state index in [0.29, 0.717) is 20.6 Å². The van der Waals surface area contributed by atoms with E-state index in [2.05, 4.69) is 5.32 Å². The number of amides is 1. The van der Waals surface area contributed by atoms with Crippen LogP contribution in [0.1, 0.15) is 40.4 Å². The van der Waals surface area contributed by atoms with Crippen LogP contribution >= 0.6 is 22.7 Å². The molecule has 3 aromatic heterocycles. The van der Waals surface area contributed by atoms with Crippen LogP contribution in [-0.2, 0) is 4.79 Å². The molecule has 1 N–H and O–H groups in total. The second-order valence-corrected chi connectivity index (χ2v) is 11.7. The van der Waals surface area contributed by atoms with Gasteiger partial charge in [-0.25, -0.2) is 9.67 Å². The number of hydrogen-bond acceptors (Lipinski definition) is 6. The number of benzene rings is 2. The number of thiazole rings is 1. The highest BCUT2D eigenvalue weighted by Gasteiger charge is 2.33. The van der Waals surface area contributed by atoms with Gasteiger partial charge in [-0.05, 0) is 69.0 Å². The third-order valence-corrected chi connectivity index (χ3v) is 9.00. The van der Waals surface area contributed by atoms with Gasteiger partial charge in [-0.3, -0.25) is 14.2 Å². The lowest BCUT2D eigenvalue weighted by Gasteiger charge is -2.24. The molecule has 0 radical (unpaired) electrons. The minimum atomic E-state index is -0.573. The van der Waals surface area contributed by atoms with Crippen LogP contribution in [0.5, 0.6) is 0 Å². The molecule has 0 spiro atoms. The fourth-order valence-electron chi connectivity index (χ4n) is 5.05. The van der Waals surface area contributed by atoms with Crippen LogP contribution in [0.15, 0.2) is 93.2 Å². The molecule has 5 aromatic rings. The largest absolute Gasteiger partial charge is 0.322 e. The Morgan fingerprint density at radius 2 is 1.73 bits per heavy atom. The molecule has 0 saturated heterocycles. The van der Waals surface area contributed by atoms with E-state index in [1.165, 1.54) is 22.7 Å². The lowest BCUT2D eigenvalue weighted by Crippen LogP contribution is -2.40. The zero-order chi connectivity index (χ0) is 28.0. The number of fused-ring (bicyclic) bond motifs is 1. The normalized spacial score (nSPS) is 15.2. The summed E-state index contributed by atoms with van der Waals surface area (Å²) in [5.41, 5.74) is 6.21. The molecule has 1 aliphatic heterocycles. The van der Waals surface area contributed by atoms with Gasteiger partial charge in [-0.1, -0.05) is 53.8 Å². The second kappa shape index (κ2) is 10.3. The number of thiophene rings is 1. The van der Waals surface area contributed by atoms with Gasteiger partial charge in [0.25, 0.3) is 11.5 Å². The average Bonchev–Trinajstić information content (AvgIpc) is 3.65. The van der Waals surface area contributed by atoms with E-state index in [1.807, 2.05) is 111 Å². The number of anilines is 1. The highest BCUT2D eigenvalue weighted by Crippen LogP contribution is 2.33. The number of carbonyl (C=O) groups excluding carboxylic acids is 1. The molecule has 6 rings (SSSR count). The van der Waals surface area contributed by atoms with Crippen molar-refractivity contribution in [3.05, 3.63) is 130 Å². The molecular weight excluding hydrogens is 539 g/mol. The van der Waals surface area contributed by atoms with Crippen molar-refractivity contribution in [3.63, 3.8) is 0 Å². The number of allylic oxidation sites excluding steroid dienone is 1. The first kappa shape index (κ1) is 25.9. The van der Waals surface area contributed by atoms with Gasteiger partial charge in [0.15, 0.2) is 4.80 Å². The van der Waals surface area contributed by atoms with Gasteiger partial charge in [0.05, 0.1) is 27.2 Å². The third kappa shape index (κ3) is 4.47. The minimum absolute atomic E-state index is 0.179. The topological polar surface area (TPSA) is 81.3 Å². The molecule has 0 aliphatic carbocycles. The summed E-state index contributed by atoms with van der Waals surface area (Å²) < 4.78 is 4.10. The first-order valence-corrected chi connectivity index (χ1v) is 14.6. The molecule has 2 aromatic carbocycles. The van der Waals surface area contributed by atoms with Crippen LogP contribution in [0.2, 0.25) is 0 Å². The Morgan fingerprint density at radius 3 is 2.45 bits per heavy atom. The highest BCUT2D eigenvalue weighted by atomic mass is 32.1. The fourth-order valence-corrected chi connectivity index (χ4v) is 6.90. The van der Waals surface area contributed by atoms with Crippen LogP contribution in [0, 0.1) is 20.8 Å². The molecule has 0 bridgehead atoms. The molecule has 200 valence electrons. The van der Waals surface area contributed by atoms with Crippen molar-refractivity contribution in [2.75, 3.05) is 5.32 Å². The third-order valence-electron chi connectivity index (χ3n) is 7.10. The SMILES string of the molecule is CC1=C(C(=O)Nc2ccccc2C)C(c2cccs2)n2c(s/c(=C/c3c(C)nn(-c4ccccc4)c3C)c2=O)=N1. The fraction of sp³-hybridized carbons (Fsp3) is 0.161. The molecule has 0 fully saturated rings. The maximum absolute atomic E-state index is 14.0. The van der Waals surface area contributed by atoms with E-state index < -0.39 is 6.04 Å². The molecule has 1 aliphatic rings. The first-order valence-electron chi connectivity index (χ1n) is 12.9. The van der Waals surface area contributed by atoms with Crippen molar-refractivity contribution in [2.24, 2.45) is 4.99 Å². The molecular formula is C31H27N5O2S2. The molecule has 7 nitrogen and oxygen atoms in total. The van der Waals surface area contributed by atoms with E-state index in [0.717, 1.165) is 38.8 Å². The molecule has 1 atom stereocenters. The number of nitrogens with zero attached hydrogens (tertiary/aromatic N) is 4. The van der Waals surface area contributed by atoms with Gasteiger partial charge in [-0.15, -0.1) is 11.3 Å². The molecule has 1 amide bonds. The van der Waals surface area contributed by atoms with Crippen LogP contribution in [-0.4, -0.2) is 20.3 Å². The summed E-state index contributed by atoms with van der Waals surface area (Å²) in [6.07, 6.45) is 1.90. The predicted molar refractivity (Wildman–Crippen MR) is 161 cm³/mol. The first-order chi connectivity index (χ1) is 19.3. The van der Waals surface area contributed by atoms with Gasteiger partial charge in [0.1, 0.15) is 6.04 Å². The summed E-state index contributed by atoms with van der Waals surface area (Å²) in [5, 5.41) is 9.75. The van der Waals surface area contributed by atoms with Crippen molar-refractivity contribution in [1.82, 2.24) is 14.3 Å². The highest BCUT2D eigenvalue weighted by molar-refractivity contribution is 7.10. The number of rotatable bonds is 5. The maximum atomic E-state index is 14.0. The van der Waals surface area contributed by atoms with Crippen LogP contribution in [0.25, 0.3) is 11.8 Å². The number of hydrogen-bond donors (Lipinski definition) is 1. The summed E-state index contributed by atoms with van der Waals surface area (Å²) in [6, 6.07) is 20.9. The van der Waals surface area contributed by atoms with Gasteiger partial charge in [0, 0.05) is 21.8 Å². The van der Waals surface area contributed by atoms with E-state index in [4.69, 9.17) is 10.1 Å². The number of carbonyl (C=O) groups is 1. The van der Waals surface area contributed by atoms with Crippen LogP contribution in [0.4, 0.5) is 5.69 Å². The van der Waals surface area contributed by atoms with Crippen molar-refractivity contribution in [3.8, 4) is 5.69 Å². The van der Waals surface area contributed by atoms with E-state index in [1.54, 1.807) is 4.57 Å². The Morgan fingerprint density at radius 1 is 0.975 bits per heavy atom. The lowest BCUT2D eigenvalue weighted by atomic mass is 10.0. The maximum Gasteiger partial charge on any atom is 0.271 e. The number of aromatic nitrogens is 3. The molecule has 40 heavy (non-hydrogen) atoms.